The molecule has 1 aromatic heterocycles. The molecule has 3 aromatic carbocycles. The molecule has 0 radical (unpaired) electrons. The van der Waals surface area contributed by atoms with E-state index >= 15 is 0 Å². The maximum atomic E-state index is 12.9. The monoisotopic (exact) mass is 449 g/mol. The third-order valence-electron chi connectivity index (χ3n) is 4.84. The first-order chi connectivity index (χ1) is 14.9. The van der Waals surface area contributed by atoms with Crippen molar-refractivity contribution in [2.75, 3.05) is 6.61 Å². The van der Waals surface area contributed by atoms with Crippen molar-refractivity contribution in [3.05, 3.63) is 99.5 Å². The van der Waals surface area contributed by atoms with Gasteiger partial charge in [0.05, 0.1) is 16.8 Å². The summed E-state index contributed by atoms with van der Waals surface area (Å²) in [4.78, 5) is 30.0. The van der Waals surface area contributed by atoms with E-state index in [1.807, 2.05) is 31.2 Å². The van der Waals surface area contributed by atoms with E-state index in [9.17, 15) is 9.59 Å². The van der Waals surface area contributed by atoms with Crippen LogP contribution >= 0.6 is 23.2 Å². The molecule has 31 heavy (non-hydrogen) atoms. The highest BCUT2D eigenvalue weighted by Gasteiger charge is 2.17. The zero-order valence-electron chi connectivity index (χ0n) is 16.6. The first-order valence-corrected chi connectivity index (χ1v) is 10.3. The number of halogens is 2. The molecule has 0 amide bonds. The number of carbonyl (C=O) groups is 2. The summed E-state index contributed by atoms with van der Waals surface area (Å²) < 4.78 is 5.35. The minimum Gasteiger partial charge on any atom is -0.454 e. The van der Waals surface area contributed by atoms with Crippen molar-refractivity contribution in [3.8, 4) is 11.3 Å². The first kappa shape index (κ1) is 21.0. The van der Waals surface area contributed by atoms with Crippen molar-refractivity contribution in [3.63, 3.8) is 0 Å². The Bertz CT molecular complexity index is 1280. The number of fused-ring (bicyclic) bond motifs is 1. The molecular formula is C25H17Cl2NO3. The number of nitrogens with zero attached hydrogens (tertiary/aromatic N) is 1. The fraction of sp³-hybridized carbons (Fsp3) is 0.0800. The molecule has 0 unspecified atom stereocenters. The fourth-order valence-electron chi connectivity index (χ4n) is 3.17. The topological polar surface area (TPSA) is 56.3 Å². The van der Waals surface area contributed by atoms with E-state index in [-0.39, 0.29) is 18.0 Å². The molecule has 0 saturated heterocycles. The number of esters is 1. The summed E-state index contributed by atoms with van der Waals surface area (Å²) in [5, 5.41) is 1.63. The highest BCUT2D eigenvalue weighted by atomic mass is 35.5. The molecule has 0 aliphatic carbocycles. The Hall–Kier alpha value is -3.21. The van der Waals surface area contributed by atoms with E-state index < -0.39 is 5.97 Å². The van der Waals surface area contributed by atoms with Gasteiger partial charge in [0.1, 0.15) is 0 Å². The standard InChI is InChI=1S/C25H17Cl2NO3/c1-15-2-4-17(5-3-15)24(29)14-31-25(30)21-13-23(16-6-8-18(26)9-7-16)28-22-11-10-19(27)12-20(21)22/h2-13H,14H2,1H3. The maximum Gasteiger partial charge on any atom is 0.339 e. The van der Waals surface area contributed by atoms with E-state index in [2.05, 4.69) is 4.98 Å². The predicted molar refractivity (Wildman–Crippen MR) is 123 cm³/mol. The van der Waals surface area contributed by atoms with Crippen LogP contribution in [0.15, 0.2) is 72.8 Å². The Balaban J connectivity index is 1.66. The third-order valence-corrected chi connectivity index (χ3v) is 5.33. The molecule has 0 aliphatic rings. The van der Waals surface area contributed by atoms with Crippen molar-refractivity contribution in [2.45, 2.75) is 6.92 Å². The van der Waals surface area contributed by atoms with Crippen LogP contribution in [0.25, 0.3) is 22.2 Å². The lowest BCUT2D eigenvalue weighted by molar-refractivity contribution is 0.0476. The first-order valence-electron chi connectivity index (χ1n) is 9.54. The molecule has 0 atom stereocenters. The van der Waals surface area contributed by atoms with Crippen LogP contribution in [-0.4, -0.2) is 23.3 Å². The summed E-state index contributed by atoms with van der Waals surface area (Å²) in [6.07, 6.45) is 0. The summed E-state index contributed by atoms with van der Waals surface area (Å²) in [7, 11) is 0. The van der Waals surface area contributed by atoms with Gasteiger partial charge in [-0.1, -0.05) is 65.2 Å². The Morgan fingerprint density at radius 2 is 1.55 bits per heavy atom. The molecule has 0 spiro atoms. The zero-order valence-corrected chi connectivity index (χ0v) is 18.1. The van der Waals surface area contributed by atoms with Crippen LogP contribution in [0.1, 0.15) is 26.3 Å². The fourth-order valence-corrected chi connectivity index (χ4v) is 3.47. The largest absolute Gasteiger partial charge is 0.454 e. The lowest BCUT2D eigenvalue weighted by atomic mass is 10.0. The maximum absolute atomic E-state index is 12.9. The number of rotatable bonds is 5. The smallest absolute Gasteiger partial charge is 0.339 e. The van der Waals surface area contributed by atoms with Gasteiger partial charge in [0.2, 0.25) is 0 Å². The van der Waals surface area contributed by atoms with Gasteiger partial charge in [-0.2, -0.15) is 0 Å². The average molecular weight is 450 g/mol. The van der Waals surface area contributed by atoms with Crippen LogP contribution in [0.4, 0.5) is 0 Å². The molecule has 0 aliphatic heterocycles. The van der Waals surface area contributed by atoms with Crippen molar-refractivity contribution in [2.24, 2.45) is 0 Å². The number of hydrogen-bond acceptors (Lipinski definition) is 4. The summed E-state index contributed by atoms with van der Waals surface area (Å²) in [5.74, 6) is -0.895. The van der Waals surface area contributed by atoms with Crippen molar-refractivity contribution in [1.82, 2.24) is 4.98 Å². The molecule has 4 nitrogen and oxygen atoms in total. The van der Waals surface area contributed by atoms with Gasteiger partial charge in [-0.25, -0.2) is 9.78 Å². The summed E-state index contributed by atoms with van der Waals surface area (Å²) >= 11 is 12.1. The lowest BCUT2D eigenvalue weighted by Gasteiger charge is -2.11. The lowest BCUT2D eigenvalue weighted by Crippen LogP contribution is -2.15. The number of pyridine rings is 1. The van der Waals surface area contributed by atoms with Crippen LogP contribution < -0.4 is 0 Å². The van der Waals surface area contributed by atoms with Crippen molar-refractivity contribution >= 4 is 45.9 Å². The Kier molecular flexibility index (Phi) is 6.03. The van der Waals surface area contributed by atoms with Gasteiger partial charge in [0, 0.05) is 26.6 Å². The summed E-state index contributed by atoms with van der Waals surface area (Å²) in [5.41, 5.74) is 3.79. The number of aromatic nitrogens is 1. The minimum atomic E-state index is -0.620. The third kappa shape index (κ3) is 4.76. The van der Waals surface area contributed by atoms with Gasteiger partial charge in [-0.15, -0.1) is 0 Å². The summed E-state index contributed by atoms with van der Waals surface area (Å²) in [6.45, 7) is 1.58. The molecule has 4 rings (SSSR count). The minimum absolute atomic E-state index is 0.275. The van der Waals surface area contributed by atoms with Crippen LogP contribution in [0.3, 0.4) is 0 Å². The molecule has 0 N–H and O–H groups in total. The normalized spacial score (nSPS) is 10.8. The van der Waals surface area contributed by atoms with Crippen molar-refractivity contribution < 1.29 is 14.3 Å². The van der Waals surface area contributed by atoms with Crippen LogP contribution in [0.2, 0.25) is 10.0 Å². The number of aryl methyl sites for hydroxylation is 1. The van der Waals surface area contributed by atoms with Gasteiger partial charge in [-0.05, 0) is 43.3 Å². The molecule has 6 heteroatoms. The van der Waals surface area contributed by atoms with Crippen LogP contribution in [0, 0.1) is 6.92 Å². The second-order valence-electron chi connectivity index (χ2n) is 7.09. The molecule has 4 aromatic rings. The SMILES string of the molecule is Cc1ccc(C(=O)COC(=O)c2cc(-c3ccc(Cl)cc3)nc3ccc(Cl)cc23)cc1. The molecule has 0 bridgehead atoms. The average Bonchev–Trinajstić information content (AvgIpc) is 2.77. The van der Waals surface area contributed by atoms with E-state index in [0.717, 1.165) is 11.1 Å². The van der Waals surface area contributed by atoms with Crippen molar-refractivity contribution in [1.29, 1.82) is 0 Å². The van der Waals surface area contributed by atoms with E-state index in [0.29, 0.717) is 32.2 Å². The van der Waals surface area contributed by atoms with Gasteiger partial charge in [0.25, 0.3) is 0 Å². The Morgan fingerprint density at radius 1 is 0.871 bits per heavy atom. The summed E-state index contributed by atoms with van der Waals surface area (Å²) in [6, 6.07) is 21.0. The molecule has 154 valence electrons. The quantitative estimate of drug-likeness (QED) is 0.255. The van der Waals surface area contributed by atoms with Crippen LogP contribution in [-0.2, 0) is 4.74 Å². The number of ether oxygens (including phenoxy) is 1. The second-order valence-corrected chi connectivity index (χ2v) is 7.96. The number of carbonyl (C=O) groups excluding carboxylic acids is 2. The van der Waals surface area contributed by atoms with Gasteiger partial charge >= 0.3 is 5.97 Å². The molecule has 1 heterocycles. The van der Waals surface area contributed by atoms with Gasteiger partial charge in [0.15, 0.2) is 12.4 Å². The zero-order chi connectivity index (χ0) is 22.0. The number of hydrogen-bond donors (Lipinski definition) is 0. The number of Topliss-reactive ketones (excluding diaryl/α,β-unsaturated/α-hetero) is 1. The molecular weight excluding hydrogens is 433 g/mol. The second kappa shape index (κ2) is 8.88. The molecule has 0 fully saturated rings. The predicted octanol–water partition coefficient (Wildman–Crippen LogP) is 6.56. The van der Waals surface area contributed by atoms with Gasteiger partial charge < -0.3 is 4.74 Å². The van der Waals surface area contributed by atoms with Gasteiger partial charge in [-0.3, -0.25) is 4.79 Å². The number of benzene rings is 3. The van der Waals surface area contributed by atoms with E-state index in [4.69, 9.17) is 27.9 Å². The van der Waals surface area contributed by atoms with E-state index in [1.165, 1.54) is 0 Å². The molecule has 0 saturated carbocycles. The highest BCUT2D eigenvalue weighted by Crippen LogP contribution is 2.28. The Labute approximate surface area is 189 Å². The number of ketones is 1. The van der Waals surface area contributed by atoms with Crippen LogP contribution in [0.5, 0.6) is 0 Å². The van der Waals surface area contributed by atoms with E-state index in [1.54, 1.807) is 48.5 Å². The Morgan fingerprint density at radius 3 is 2.26 bits per heavy atom. The highest BCUT2D eigenvalue weighted by molar-refractivity contribution is 6.31.